The van der Waals surface area contributed by atoms with Gasteiger partial charge in [-0.3, -0.25) is 9.59 Å². The van der Waals surface area contributed by atoms with Crippen LogP contribution in [0.25, 0.3) is 11.0 Å². The monoisotopic (exact) mass is 335 g/mol. The molecule has 3 aromatic rings. The van der Waals surface area contributed by atoms with Crippen molar-refractivity contribution in [3.63, 3.8) is 0 Å². The van der Waals surface area contributed by atoms with E-state index in [4.69, 9.17) is 4.74 Å². The Morgan fingerprint density at radius 2 is 2.08 bits per heavy atom. The average molecular weight is 335 g/mol. The van der Waals surface area contributed by atoms with Gasteiger partial charge in [0.05, 0.1) is 24.3 Å². The van der Waals surface area contributed by atoms with E-state index in [0.717, 1.165) is 24.1 Å². The molecule has 0 aliphatic carbocycles. The molecular weight excluding hydrogens is 318 g/mol. The normalized spacial score (nSPS) is 13.6. The summed E-state index contributed by atoms with van der Waals surface area (Å²) in [6, 6.07) is 11.3. The van der Waals surface area contributed by atoms with E-state index in [1.807, 2.05) is 24.3 Å². The number of ether oxygens (including phenoxy) is 1. The highest BCUT2D eigenvalue weighted by atomic mass is 16.5. The number of hydrogen-bond acceptors (Lipinski definition) is 4. The van der Waals surface area contributed by atoms with Crippen molar-refractivity contribution in [2.45, 2.75) is 12.8 Å². The van der Waals surface area contributed by atoms with Crippen molar-refractivity contribution in [2.24, 2.45) is 0 Å². The molecule has 25 heavy (non-hydrogen) atoms. The molecule has 1 aliphatic rings. The molecule has 1 aromatic heterocycles. The van der Waals surface area contributed by atoms with E-state index in [9.17, 15) is 9.59 Å². The number of fused-ring (bicyclic) bond motifs is 2. The lowest BCUT2D eigenvalue weighted by molar-refractivity contribution is 0.0983. The summed E-state index contributed by atoms with van der Waals surface area (Å²) in [6.07, 6.45) is 3.05. The topological polar surface area (TPSA) is 75.3 Å². The molecule has 0 saturated heterocycles. The molecule has 2 aromatic carbocycles. The molecule has 0 atom stereocenters. The minimum absolute atomic E-state index is 0.196. The molecule has 1 N–H and O–H groups in total. The summed E-state index contributed by atoms with van der Waals surface area (Å²) in [5.41, 5.74) is 2.99. The molecule has 0 bridgehead atoms. The van der Waals surface area contributed by atoms with Crippen molar-refractivity contribution in [3.05, 3.63) is 64.1 Å². The Bertz CT molecular complexity index is 1030. The molecule has 126 valence electrons. The van der Waals surface area contributed by atoms with Crippen LogP contribution >= 0.6 is 0 Å². The van der Waals surface area contributed by atoms with Gasteiger partial charge >= 0.3 is 0 Å². The first-order chi connectivity index (χ1) is 12.2. The number of rotatable bonds is 2. The van der Waals surface area contributed by atoms with Crippen LogP contribution in [0.15, 0.2) is 47.4 Å². The van der Waals surface area contributed by atoms with Gasteiger partial charge in [0.1, 0.15) is 11.3 Å². The van der Waals surface area contributed by atoms with Crippen molar-refractivity contribution in [1.82, 2.24) is 9.97 Å². The van der Waals surface area contributed by atoms with E-state index in [0.29, 0.717) is 28.9 Å². The number of aromatic amines is 1. The van der Waals surface area contributed by atoms with Crippen molar-refractivity contribution in [2.75, 3.05) is 18.6 Å². The van der Waals surface area contributed by atoms with E-state index >= 15 is 0 Å². The number of aryl methyl sites for hydroxylation is 1. The number of carbonyl (C=O) groups excluding carboxylic acids is 1. The molecule has 0 spiro atoms. The van der Waals surface area contributed by atoms with Crippen molar-refractivity contribution in [3.8, 4) is 5.75 Å². The van der Waals surface area contributed by atoms with Gasteiger partial charge in [0.2, 0.25) is 0 Å². The number of anilines is 1. The van der Waals surface area contributed by atoms with Gasteiger partial charge in [0, 0.05) is 12.2 Å². The maximum absolute atomic E-state index is 13.4. The van der Waals surface area contributed by atoms with Crippen LogP contribution in [0, 0.1) is 0 Å². The highest BCUT2D eigenvalue weighted by Crippen LogP contribution is 2.32. The fourth-order valence-corrected chi connectivity index (χ4v) is 3.35. The van der Waals surface area contributed by atoms with Gasteiger partial charge in [-0.2, -0.15) is 0 Å². The molecule has 4 rings (SSSR count). The quantitative estimate of drug-likeness (QED) is 0.781. The van der Waals surface area contributed by atoms with Gasteiger partial charge in [0.15, 0.2) is 0 Å². The van der Waals surface area contributed by atoms with E-state index in [-0.39, 0.29) is 11.5 Å². The Labute approximate surface area is 144 Å². The lowest BCUT2D eigenvalue weighted by Gasteiger charge is -2.30. The van der Waals surface area contributed by atoms with Crippen molar-refractivity contribution < 1.29 is 9.53 Å². The number of hydrogen-bond donors (Lipinski definition) is 1. The number of aromatic nitrogens is 2. The SMILES string of the molecule is COc1ccc2ncc(=O)[nH]c2c1C(=O)N1CCCc2ccccc21. The Kier molecular flexibility index (Phi) is 3.72. The average Bonchev–Trinajstić information content (AvgIpc) is 2.66. The highest BCUT2D eigenvalue weighted by molar-refractivity contribution is 6.15. The molecule has 1 amide bonds. The van der Waals surface area contributed by atoms with Gasteiger partial charge < -0.3 is 14.6 Å². The van der Waals surface area contributed by atoms with Crippen LogP contribution in [0.3, 0.4) is 0 Å². The lowest BCUT2D eigenvalue weighted by atomic mass is 10.00. The number of nitrogens with one attached hydrogen (secondary N) is 1. The smallest absolute Gasteiger partial charge is 0.266 e. The van der Waals surface area contributed by atoms with Gasteiger partial charge in [-0.1, -0.05) is 18.2 Å². The number of carbonyl (C=O) groups is 1. The van der Waals surface area contributed by atoms with Crippen LogP contribution in [-0.2, 0) is 6.42 Å². The Balaban J connectivity index is 1.91. The molecule has 0 fully saturated rings. The summed E-state index contributed by atoms with van der Waals surface area (Å²) in [5, 5.41) is 0. The zero-order valence-corrected chi connectivity index (χ0v) is 13.8. The predicted molar refractivity (Wildman–Crippen MR) is 95.4 cm³/mol. The molecule has 6 heteroatoms. The van der Waals surface area contributed by atoms with Crippen LogP contribution in [-0.4, -0.2) is 29.5 Å². The summed E-state index contributed by atoms with van der Waals surface area (Å²) in [7, 11) is 1.51. The van der Waals surface area contributed by atoms with Crippen LogP contribution in [0.2, 0.25) is 0 Å². The van der Waals surface area contributed by atoms with Crippen LogP contribution in [0.5, 0.6) is 5.75 Å². The summed E-state index contributed by atoms with van der Waals surface area (Å²) < 4.78 is 5.40. The Hall–Kier alpha value is -3.15. The molecule has 2 heterocycles. The summed E-state index contributed by atoms with van der Waals surface area (Å²) in [4.78, 5) is 33.7. The largest absolute Gasteiger partial charge is 0.496 e. The highest BCUT2D eigenvalue weighted by Gasteiger charge is 2.27. The second-order valence-corrected chi connectivity index (χ2v) is 5.97. The number of nitrogens with zero attached hydrogens (tertiary/aromatic N) is 2. The zero-order valence-electron chi connectivity index (χ0n) is 13.8. The minimum Gasteiger partial charge on any atom is -0.496 e. The standard InChI is InChI=1S/C19H17N3O3/c1-25-15-9-8-13-18(21-16(23)11-20-13)17(15)19(24)22-10-4-6-12-5-2-3-7-14(12)22/h2-3,5,7-9,11H,4,6,10H2,1H3,(H,21,23). The van der Waals surface area contributed by atoms with Gasteiger partial charge in [-0.05, 0) is 36.6 Å². The first kappa shape index (κ1) is 15.4. The summed E-state index contributed by atoms with van der Waals surface area (Å²) >= 11 is 0. The van der Waals surface area contributed by atoms with Gasteiger partial charge in [-0.15, -0.1) is 0 Å². The van der Waals surface area contributed by atoms with E-state index in [1.54, 1.807) is 17.0 Å². The predicted octanol–water partition coefficient (Wildman–Crippen LogP) is 2.52. The van der Waals surface area contributed by atoms with E-state index in [2.05, 4.69) is 9.97 Å². The molecule has 6 nitrogen and oxygen atoms in total. The third kappa shape index (κ3) is 2.55. The molecule has 0 saturated carbocycles. The maximum Gasteiger partial charge on any atom is 0.266 e. The Morgan fingerprint density at radius 1 is 1.24 bits per heavy atom. The van der Waals surface area contributed by atoms with Gasteiger partial charge in [0.25, 0.3) is 11.5 Å². The van der Waals surface area contributed by atoms with E-state index in [1.165, 1.54) is 13.3 Å². The second kappa shape index (κ2) is 6.05. The molecule has 0 unspecified atom stereocenters. The minimum atomic E-state index is -0.353. The first-order valence-corrected chi connectivity index (χ1v) is 8.15. The number of amides is 1. The van der Waals surface area contributed by atoms with Crippen LogP contribution in [0.4, 0.5) is 5.69 Å². The molecule has 0 radical (unpaired) electrons. The van der Waals surface area contributed by atoms with Crippen molar-refractivity contribution >= 4 is 22.6 Å². The molecule has 1 aliphatic heterocycles. The fraction of sp³-hybridized carbons (Fsp3) is 0.211. The third-order valence-electron chi connectivity index (χ3n) is 4.50. The Morgan fingerprint density at radius 3 is 2.92 bits per heavy atom. The first-order valence-electron chi connectivity index (χ1n) is 8.15. The second-order valence-electron chi connectivity index (χ2n) is 5.97. The van der Waals surface area contributed by atoms with Crippen molar-refractivity contribution in [1.29, 1.82) is 0 Å². The summed E-state index contributed by atoms with van der Waals surface area (Å²) in [5.74, 6) is 0.224. The fourth-order valence-electron chi connectivity index (χ4n) is 3.35. The number of benzene rings is 2. The number of methoxy groups -OCH3 is 1. The number of H-pyrrole nitrogens is 1. The summed E-state index contributed by atoms with van der Waals surface area (Å²) in [6.45, 7) is 0.625. The molecular formula is C19H17N3O3. The lowest BCUT2D eigenvalue weighted by Crippen LogP contribution is -2.36. The van der Waals surface area contributed by atoms with Crippen LogP contribution in [0.1, 0.15) is 22.3 Å². The zero-order chi connectivity index (χ0) is 17.4. The third-order valence-corrected chi connectivity index (χ3v) is 4.50. The van der Waals surface area contributed by atoms with E-state index < -0.39 is 0 Å². The number of para-hydroxylation sites is 1. The van der Waals surface area contributed by atoms with Gasteiger partial charge in [-0.25, -0.2) is 4.98 Å². The van der Waals surface area contributed by atoms with Crippen LogP contribution < -0.4 is 15.2 Å². The maximum atomic E-state index is 13.4.